The van der Waals surface area contributed by atoms with Gasteiger partial charge in [-0.3, -0.25) is 0 Å². The molecule has 1 spiro atoms. The summed E-state index contributed by atoms with van der Waals surface area (Å²) >= 11 is 0. The quantitative estimate of drug-likeness (QED) is 0.756. The minimum Gasteiger partial charge on any atom is -0.207 e. The van der Waals surface area contributed by atoms with Crippen molar-refractivity contribution in [2.45, 2.75) is 43.0 Å². The molecule has 1 aromatic rings. The van der Waals surface area contributed by atoms with E-state index in [2.05, 4.69) is 0 Å². The third-order valence-corrected chi connectivity index (χ3v) is 5.97. The van der Waals surface area contributed by atoms with Crippen LogP contribution in [0.2, 0.25) is 0 Å². The van der Waals surface area contributed by atoms with Crippen LogP contribution in [0.1, 0.15) is 31.2 Å². The van der Waals surface area contributed by atoms with Gasteiger partial charge in [-0.2, -0.15) is 4.31 Å². The maximum Gasteiger partial charge on any atom is 0.243 e. The van der Waals surface area contributed by atoms with E-state index in [-0.39, 0.29) is 5.54 Å². The Morgan fingerprint density at radius 3 is 2.29 bits per heavy atom. The number of hydrogen-bond donors (Lipinski definition) is 0. The Kier molecular flexibility index (Phi) is 2.35. The molecule has 0 radical (unpaired) electrons. The lowest BCUT2D eigenvalue weighted by molar-refractivity contribution is 0.500. The van der Waals surface area contributed by atoms with E-state index in [1.165, 1.54) is 12.8 Å². The first kappa shape index (κ1) is 11.2. The van der Waals surface area contributed by atoms with Gasteiger partial charge < -0.3 is 0 Å². The molecule has 1 unspecified atom stereocenters. The summed E-state index contributed by atoms with van der Waals surface area (Å²) in [6, 6.07) is 7.15. The van der Waals surface area contributed by atoms with Crippen LogP contribution in [0.3, 0.4) is 0 Å². The average molecular weight is 251 g/mol. The van der Waals surface area contributed by atoms with Crippen LogP contribution >= 0.6 is 0 Å². The van der Waals surface area contributed by atoms with E-state index in [0.29, 0.717) is 4.90 Å². The minimum atomic E-state index is -3.24. The number of aryl methyl sites for hydroxylation is 1. The van der Waals surface area contributed by atoms with Gasteiger partial charge in [0.25, 0.3) is 0 Å². The summed E-state index contributed by atoms with van der Waals surface area (Å²) in [4.78, 5) is 0.437. The number of nitrogens with zero attached hydrogens (tertiary/aromatic N) is 1. The molecule has 0 amide bonds. The number of benzene rings is 1. The van der Waals surface area contributed by atoms with Crippen molar-refractivity contribution in [1.29, 1.82) is 0 Å². The van der Waals surface area contributed by atoms with Gasteiger partial charge in [-0.1, -0.05) is 30.5 Å². The van der Waals surface area contributed by atoms with Crippen molar-refractivity contribution in [3.05, 3.63) is 29.8 Å². The lowest BCUT2D eigenvalue weighted by Gasteiger charge is -2.11. The normalized spacial score (nSPS) is 26.3. The fraction of sp³-hybridized carbons (Fsp3) is 0.538. The molecule has 1 aromatic carbocycles. The Bertz CT molecular complexity index is 527. The Morgan fingerprint density at radius 1 is 1.12 bits per heavy atom. The maximum absolute atomic E-state index is 12.4. The first-order valence-electron chi connectivity index (χ1n) is 6.14. The van der Waals surface area contributed by atoms with Crippen molar-refractivity contribution in [2.75, 3.05) is 6.54 Å². The summed E-state index contributed by atoms with van der Waals surface area (Å²) in [5.41, 5.74) is 1.08. The Morgan fingerprint density at radius 2 is 1.71 bits per heavy atom. The van der Waals surface area contributed by atoms with Gasteiger partial charge in [-0.05, 0) is 31.9 Å². The summed E-state index contributed by atoms with van der Waals surface area (Å²) in [6.07, 6.45) is 4.41. The van der Waals surface area contributed by atoms with Crippen LogP contribution in [-0.2, 0) is 10.0 Å². The lowest BCUT2D eigenvalue weighted by atomic mass is 10.1. The van der Waals surface area contributed by atoms with Gasteiger partial charge in [0.2, 0.25) is 10.0 Å². The highest BCUT2D eigenvalue weighted by molar-refractivity contribution is 7.89. The van der Waals surface area contributed by atoms with Crippen LogP contribution in [0.25, 0.3) is 0 Å². The highest BCUT2D eigenvalue weighted by atomic mass is 32.2. The van der Waals surface area contributed by atoms with Gasteiger partial charge in [0.15, 0.2) is 0 Å². The molecule has 0 bridgehead atoms. The summed E-state index contributed by atoms with van der Waals surface area (Å²) in [6.45, 7) is 2.69. The van der Waals surface area contributed by atoms with Gasteiger partial charge in [-0.25, -0.2) is 8.42 Å². The summed E-state index contributed by atoms with van der Waals surface area (Å²) in [5, 5.41) is 0. The molecular weight excluding hydrogens is 234 g/mol. The van der Waals surface area contributed by atoms with Crippen LogP contribution in [-0.4, -0.2) is 24.8 Å². The molecule has 2 fully saturated rings. The van der Waals surface area contributed by atoms with E-state index in [4.69, 9.17) is 0 Å². The lowest BCUT2D eigenvalue weighted by Crippen LogP contribution is -2.21. The van der Waals surface area contributed by atoms with Gasteiger partial charge in [-0.15, -0.1) is 0 Å². The fourth-order valence-electron chi connectivity index (χ4n) is 2.85. The van der Waals surface area contributed by atoms with E-state index in [1.807, 2.05) is 19.1 Å². The minimum absolute atomic E-state index is 0.0102. The largest absolute Gasteiger partial charge is 0.243 e. The number of hydrogen-bond acceptors (Lipinski definition) is 2. The number of sulfonamides is 1. The molecule has 1 saturated carbocycles. The molecule has 4 heteroatoms. The molecule has 1 heterocycles. The predicted octanol–water partition coefficient (Wildman–Crippen LogP) is 2.31. The monoisotopic (exact) mass is 251 g/mol. The molecule has 17 heavy (non-hydrogen) atoms. The van der Waals surface area contributed by atoms with E-state index < -0.39 is 10.0 Å². The summed E-state index contributed by atoms with van der Waals surface area (Å²) in [7, 11) is -3.24. The Labute approximate surface area is 102 Å². The summed E-state index contributed by atoms with van der Waals surface area (Å²) < 4.78 is 26.5. The number of rotatable bonds is 2. The zero-order chi connectivity index (χ0) is 12.1. The van der Waals surface area contributed by atoms with E-state index in [1.54, 1.807) is 16.4 Å². The molecule has 1 aliphatic heterocycles. The highest BCUT2D eigenvalue weighted by Gasteiger charge is 2.59. The zero-order valence-corrected chi connectivity index (χ0v) is 10.8. The van der Waals surface area contributed by atoms with Gasteiger partial charge in [0.1, 0.15) is 0 Å². The maximum atomic E-state index is 12.4. The van der Waals surface area contributed by atoms with Gasteiger partial charge in [0.05, 0.1) is 10.4 Å². The first-order chi connectivity index (χ1) is 8.05. The van der Waals surface area contributed by atoms with E-state index >= 15 is 0 Å². The Balaban J connectivity index is 1.90. The molecule has 3 nitrogen and oxygen atoms in total. The van der Waals surface area contributed by atoms with Crippen molar-refractivity contribution >= 4 is 10.0 Å². The highest BCUT2D eigenvalue weighted by Crippen LogP contribution is 2.49. The third-order valence-electron chi connectivity index (χ3n) is 4.01. The van der Waals surface area contributed by atoms with Gasteiger partial charge in [0, 0.05) is 6.54 Å². The van der Waals surface area contributed by atoms with Crippen molar-refractivity contribution in [3.8, 4) is 0 Å². The second kappa shape index (κ2) is 3.56. The van der Waals surface area contributed by atoms with Crippen molar-refractivity contribution in [2.24, 2.45) is 0 Å². The van der Waals surface area contributed by atoms with Crippen molar-refractivity contribution in [3.63, 3.8) is 0 Å². The standard InChI is InChI=1S/C13H17NO2S/c1-11-4-6-12(7-5-11)17(15,16)14-10-13(14)8-2-3-9-13/h4-7H,2-3,8-10H2,1H3. The third kappa shape index (κ3) is 1.70. The molecule has 0 N–H and O–H groups in total. The van der Waals surface area contributed by atoms with E-state index in [9.17, 15) is 8.42 Å². The van der Waals surface area contributed by atoms with Crippen LogP contribution in [0.5, 0.6) is 0 Å². The van der Waals surface area contributed by atoms with Crippen LogP contribution < -0.4 is 0 Å². The second-order valence-electron chi connectivity index (χ2n) is 5.26. The predicted molar refractivity (Wildman–Crippen MR) is 66.3 cm³/mol. The SMILES string of the molecule is Cc1ccc(S(=O)(=O)N2CC23CCCC3)cc1. The molecular formula is C13H17NO2S. The fourth-order valence-corrected chi connectivity index (χ4v) is 4.69. The van der Waals surface area contributed by atoms with Gasteiger partial charge >= 0.3 is 0 Å². The molecule has 92 valence electrons. The molecule has 1 aliphatic carbocycles. The van der Waals surface area contributed by atoms with Crippen molar-refractivity contribution < 1.29 is 8.42 Å². The van der Waals surface area contributed by atoms with Crippen LogP contribution in [0, 0.1) is 6.92 Å². The second-order valence-corrected chi connectivity index (χ2v) is 7.12. The van der Waals surface area contributed by atoms with Crippen molar-refractivity contribution in [1.82, 2.24) is 4.31 Å². The topological polar surface area (TPSA) is 37.1 Å². The molecule has 1 saturated heterocycles. The molecule has 1 atom stereocenters. The Hall–Kier alpha value is -0.870. The van der Waals surface area contributed by atoms with Crippen LogP contribution in [0.15, 0.2) is 29.2 Å². The molecule has 2 aliphatic rings. The smallest absolute Gasteiger partial charge is 0.207 e. The summed E-state index contributed by atoms with van der Waals surface area (Å²) in [5.74, 6) is 0. The molecule has 3 rings (SSSR count). The first-order valence-corrected chi connectivity index (χ1v) is 7.58. The van der Waals surface area contributed by atoms with Crippen LogP contribution in [0.4, 0.5) is 0 Å². The zero-order valence-electron chi connectivity index (χ0n) is 10.0. The van der Waals surface area contributed by atoms with E-state index in [0.717, 1.165) is 24.9 Å². The average Bonchev–Trinajstić information content (AvgIpc) is 2.80. The molecule has 0 aromatic heterocycles.